The molecule has 1 saturated heterocycles. The van der Waals surface area contributed by atoms with Crippen molar-refractivity contribution < 1.29 is 9.21 Å². The third-order valence-electron chi connectivity index (χ3n) is 4.95. The number of carbonyl (C=O) groups excluding carboxylic acids is 1. The van der Waals surface area contributed by atoms with E-state index in [1.54, 1.807) is 23.3 Å². The molecule has 1 atom stereocenters. The van der Waals surface area contributed by atoms with E-state index in [2.05, 4.69) is 10.3 Å². The van der Waals surface area contributed by atoms with E-state index in [0.29, 0.717) is 17.9 Å². The Labute approximate surface area is 157 Å². The van der Waals surface area contributed by atoms with E-state index in [-0.39, 0.29) is 17.4 Å². The number of piperidine rings is 1. The van der Waals surface area contributed by atoms with Gasteiger partial charge in [0.15, 0.2) is 0 Å². The van der Waals surface area contributed by atoms with Gasteiger partial charge in [0, 0.05) is 37.4 Å². The van der Waals surface area contributed by atoms with Gasteiger partial charge in [0.1, 0.15) is 11.3 Å². The molecule has 0 aromatic carbocycles. The van der Waals surface area contributed by atoms with Crippen LogP contribution >= 0.6 is 11.3 Å². The lowest BCUT2D eigenvalue weighted by atomic mass is 9.95. The van der Waals surface area contributed by atoms with Crippen molar-refractivity contribution in [3.63, 3.8) is 0 Å². The fourth-order valence-electron chi connectivity index (χ4n) is 3.31. The zero-order valence-corrected chi connectivity index (χ0v) is 16.3. The Bertz CT molecular complexity index is 837. The fourth-order valence-corrected chi connectivity index (χ4v) is 4.08. The Morgan fingerprint density at radius 1 is 1.46 bits per heavy atom. The second kappa shape index (κ2) is 8.14. The molecule has 1 fully saturated rings. The number of nitrogens with zero attached hydrogens (tertiary/aromatic N) is 2. The number of carbonyl (C=O) groups is 1. The van der Waals surface area contributed by atoms with Crippen LogP contribution in [0, 0.1) is 13.8 Å². The average Bonchev–Trinajstić information content (AvgIpc) is 3.04. The predicted octanol–water partition coefficient (Wildman–Crippen LogP) is 2.49. The van der Waals surface area contributed by atoms with E-state index in [9.17, 15) is 9.59 Å². The van der Waals surface area contributed by atoms with Gasteiger partial charge < -0.3 is 14.6 Å². The number of rotatable bonds is 5. The molecule has 1 N–H and O–H groups in total. The molecule has 140 valence electrons. The molecular weight excluding hydrogens is 350 g/mol. The maximum atomic E-state index is 12.8. The summed E-state index contributed by atoms with van der Waals surface area (Å²) in [6, 6.07) is 1.85. The molecule has 3 rings (SSSR count). The highest BCUT2D eigenvalue weighted by Crippen LogP contribution is 2.24. The maximum absolute atomic E-state index is 12.8. The van der Waals surface area contributed by atoms with Gasteiger partial charge in [-0.15, -0.1) is 11.3 Å². The van der Waals surface area contributed by atoms with Gasteiger partial charge in [-0.1, -0.05) is 0 Å². The van der Waals surface area contributed by atoms with Gasteiger partial charge in [-0.2, -0.15) is 0 Å². The Morgan fingerprint density at radius 2 is 2.27 bits per heavy atom. The smallest absolute Gasteiger partial charge is 0.349 e. The minimum Gasteiger partial charge on any atom is -0.427 e. The van der Waals surface area contributed by atoms with Crippen LogP contribution < -0.4 is 10.9 Å². The summed E-state index contributed by atoms with van der Waals surface area (Å²) in [5.41, 5.74) is 3.10. The van der Waals surface area contributed by atoms with Crippen LogP contribution in [0.15, 0.2) is 20.8 Å². The summed E-state index contributed by atoms with van der Waals surface area (Å²) >= 11 is 1.59. The molecule has 2 aromatic rings. The standard InChI is InChI=1S/C19H25N3O3S/c1-12-9-15(14-5-4-7-20-10-14)25-19(24)17(12)18(23)22(3)8-6-16-13(2)21-11-26-16/h9,11,14,20H,4-8,10H2,1-3H3. The average molecular weight is 375 g/mol. The van der Waals surface area contributed by atoms with Crippen molar-refractivity contribution in [2.75, 3.05) is 26.7 Å². The molecule has 2 aromatic heterocycles. The molecule has 1 unspecified atom stereocenters. The minimum atomic E-state index is -0.531. The molecule has 7 heteroatoms. The SMILES string of the molecule is Cc1cc(C2CCCNC2)oc(=O)c1C(=O)N(C)CCc1scnc1C. The van der Waals surface area contributed by atoms with Gasteiger partial charge in [0.25, 0.3) is 5.91 Å². The van der Waals surface area contributed by atoms with E-state index < -0.39 is 5.63 Å². The molecule has 0 saturated carbocycles. The third-order valence-corrected chi connectivity index (χ3v) is 5.94. The summed E-state index contributed by atoms with van der Waals surface area (Å²) in [5, 5.41) is 3.32. The minimum absolute atomic E-state index is 0.140. The largest absolute Gasteiger partial charge is 0.427 e. The van der Waals surface area contributed by atoms with Crippen molar-refractivity contribution in [1.82, 2.24) is 15.2 Å². The number of likely N-dealkylation sites (N-methyl/N-ethyl adjacent to an activating group) is 1. The number of nitrogens with one attached hydrogen (secondary N) is 1. The number of hydrogen-bond acceptors (Lipinski definition) is 6. The van der Waals surface area contributed by atoms with Crippen molar-refractivity contribution in [2.24, 2.45) is 0 Å². The number of hydrogen-bond donors (Lipinski definition) is 1. The first-order valence-corrected chi connectivity index (χ1v) is 9.85. The van der Waals surface area contributed by atoms with Crippen LogP contribution in [-0.4, -0.2) is 42.5 Å². The van der Waals surface area contributed by atoms with Crippen LogP contribution in [0.3, 0.4) is 0 Å². The molecule has 1 amide bonds. The first-order chi connectivity index (χ1) is 12.5. The van der Waals surface area contributed by atoms with Gasteiger partial charge >= 0.3 is 5.63 Å². The van der Waals surface area contributed by atoms with E-state index in [1.807, 2.05) is 25.4 Å². The van der Waals surface area contributed by atoms with Crippen LogP contribution in [0.4, 0.5) is 0 Å². The van der Waals surface area contributed by atoms with Gasteiger partial charge in [-0.05, 0) is 44.9 Å². The maximum Gasteiger partial charge on any atom is 0.349 e. The predicted molar refractivity (Wildman–Crippen MR) is 102 cm³/mol. The summed E-state index contributed by atoms with van der Waals surface area (Å²) < 4.78 is 5.52. The van der Waals surface area contributed by atoms with Gasteiger partial charge in [-0.25, -0.2) is 9.78 Å². The lowest BCUT2D eigenvalue weighted by Crippen LogP contribution is -2.34. The van der Waals surface area contributed by atoms with Gasteiger partial charge in [0.2, 0.25) is 0 Å². The molecule has 26 heavy (non-hydrogen) atoms. The molecule has 0 spiro atoms. The number of amides is 1. The number of aromatic nitrogens is 1. The summed E-state index contributed by atoms with van der Waals surface area (Å²) in [4.78, 5) is 32.2. The fraction of sp³-hybridized carbons (Fsp3) is 0.526. The molecule has 0 radical (unpaired) electrons. The third kappa shape index (κ3) is 4.04. The zero-order valence-electron chi connectivity index (χ0n) is 15.5. The Hall–Kier alpha value is -1.99. The van der Waals surface area contributed by atoms with Crippen molar-refractivity contribution in [3.05, 3.63) is 49.5 Å². The van der Waals surface area contributed by atoms with E-state index in [0.717, 1.165) is 42.9 Å². The van der Waals surface area contributed by atoms with Gasteiger partial charge in [0.05, 0.1) is 11.2 Å². The lowest BCUT2D eigenvalue weighted by molar-refractivity contribution is 0.0790. The quantitative estimate of drug-likeness (QED) is 0.869. The summed E-state index contributed by atoms with van der Waals surface area (Å²) in [6.45, 7) is 6.12. The van der Waals surface area contributed by atoms with Crippen molar-refractivity contribution in [2.45, 2.75) is 39.0 Å². The first kappa shape index (κ1) is 18.8. The van der Waals surface area contributed by atoms with Crippen LogP contribution in [-0.2, 0) is 6.42 Å². The summed E-state index contributed by atoms with van der Waals surface area (Å²) in [6.07, 6.45) is 2.79. The molecule has 0 bridgehead atoms. The second-order valence-electron chi connectivity index (χ2n) is 6.88. The molecular formula is C19H25N3O3S. The van der Waals surface area contributed by atoms with Gasteiger partial charge in [-0.3, -0.25) is 4.79 Å². The Kier molecular flexibility index (Phi) is 5.88. The lowest BCUT2D eigenvalue weighted by Gasteiger charge is -2.22. The topological polar surface area (TPSA) is 75.4 Å². The summed E-state index contributed by atoms with van der Waals surface area (Å²) in [5.74, 6) is 0.595. The van der Waals surface area contributed by atoms with E-state index in [4.69, 9.17) is 4.42 Å². The number of thiazole rings is 1. The highest BCUT2D eigenvalue weighted by molar-refractivity contribution is 7.09. The first-order valence-electron chi connectivity index (χ1n) is 8.97. The van der Waals surface area contributed by atoms with Crippen molar-refractivity contribution in [3.8, 4) is 0 Å². The molecule has 1 aliphatic rings. The molecule has 1 aliphatic heterocycles. The van der Waals surface area contributed by atoms with Crippen molar-refractivity contribution in [1.29, 1.82) is 0 Å². The normalized spacial score (nSPS) is 17.3. The van der Waals surface area contributed by atoms with Crippen LogP contribution in [0.25, 0.3) is 0 Å². The highest BCUT2D eigenvalue weighted by atomic mass is 32.1. The van der Waals surface area contributed by atoms with Crippen LogP contribution in [0.1, 0.15) is 51.0 Å². The molecule has 3 heterocycles. The second-order valence-corrected chi connectivity index (χ2v) is 7.81. The van der Waals surface area contributed by atoms with E-state index >= 15 is 0 Å². The highest BCUT2D eigenvalue weighted by Gasteiger charge is 2.24. The monoisotopic (exact) mass is 375 g/mol. The number of aryl methyl sites for hydroxylation is 2. The van der Waals surface area contributed by atoms with E-state index in [1.165, 1.54) is 0 Å². The zero-order chi connectivity index (χ0) is 18.7. The Balaban J connectivity index is 1.74. The van der Waals surface area contributed by atoms with Crippen LogP contribution in [0.2, 0.25) is 0 Å². The molecule has 6 nitrogen and oxygen atoms in total. The van der Waals surface area contributed by atoms with Crippen LogP contribution in [0.5, 0.6) is 0 Å². The summed E-state index contributed by atoms with van der Waals surface area (Å²) in [7, 11) is 1.72. The van der Waals surface area contributed by atoms with Crippen molar-refractivity contribution >= 4 is 17.2 Å². The molecule has 0 aliphatic carbocycles. The Morgan fingerprint density at radius 3 is 2.88 bits per heavy atom.